The third-order valence-electron chi connectivity index (χ3n) is 4.70. The van der Waals surface area contributed by atoms with Gasteiger partial charge in [-0.1, -0.05) is 32.9 Å². The number of nitrogens with zero attached hydrogens (tertiary/aromatic N) is 2. The Morgan fingerprint density at radius 1 is 1.17 bits per heavy atom. The zero-order chi connectivity index (χ0) is 22.2. The Kier molecular flexibility index (Phi) is 5.69. The van der Waals surface area contributed by atoms with Gasteiger partial charge in [0.2, 0.25) is 0 Å². The van der Waals surface area contributed by atoms with E-state index in [1.807, 2.05) is 45.0 Å². The molecule has 0 bridgehead atoms. The minimum absolute atomic E-state index is 0.0132. The van der Waals surface area contributed by atoms with Crippen LogP contribution in [0.3, 0.4) is 0 Å². The second kappa shape index (κ2) is 7.92. The maximum absolute atomic E-state index is 13.4. The van der Waals surface area contributed by atoms with Gasteiger partial charge < -0.3 is 4.42 Å². The molecule has 2 heterocycles. The largest absolute Gasteiger partial charge is 0.462 e. The highest BCUT2D eigenvalue weighted by atomic mass is 32.1. The third-order valence-corrected chi connectivity index (χ3v) is 5.79. The maximum Gasteiger partial charge on any atom is 0.273 e. The summed E-state index contributed by atoms with van der Waals surface area (Å²) in [5, 5.41) is 9.86. The number of carbonyl (C=O) groups excluding carboxylic acids is 1. The number of aryl methyl sites for hydroxylation is 3. The molecule has 5 nitrogen and oxygen atoms in total. The van der Waals surface area contributed by atoms with Crippen LogP contribution in [-0.4, -0.2) is 10.4 Å². The lowest BCUT2D eigenvalue weighted by Crippen LogP contribution is -2.33. The number of hydrogen-bond acceptors (Lipinski definition) is 5. The van der Waals surface area contributed by atoms with Crippen LogP contribution < -0.4 is 14.8 Å². The smallest absolute Gasteiger partial charge is 0.273 e. The van der Waals surface area contributed by atoms with E-state index in [4.69, 9.17) is 4.42 Å². The summed E-state index contributed by atoms with van der Waals surface area (Å²) in [5.41, 5.74) is 1.47. The highest BCUT2D eigenvalue weighted by Crippen LogP contribution is 2.20. The Morgan fingerprint density at radius 3 is 2.43 bits per heavy atom. The number of carbonyl (C=O) groups is 1. The molecule has 2 aromatic heterocycles. The van der Waals surface area contributed by atoms with Crippen LogP contribution in [0.5, 0.6) is 0 Å². The second-order valence-corrected chi connectivity index (χ2v) is 9.39. The van der Waals surface area contributed by atoms with Gasteiger partial charge in [0.15, 0.2) is 5.78 Å². The Morgan fingerprint density at radius 2 is 1.87 bits per heavy atom. The summed E-state index contributed by atoms with van der Waals surface area (Å²) in [5.74, 6) is 0.983. The van der Waals surface area contributed by atoms with E-state index in [-0.39, 0.29) is 16.9 Å². The van der Waals surface area contributed by atoms with E-state index in [2.05, 4.69) is 6.07 Å². The minimum Gasteiger partial charge on any atom is -0.462 e. The number of benzene rings is 1. The van der Waals surface area contributed by atoms with Gasteiger partial charge in [-0.2, -0.15) is 5.26 Å². The molecule has 0 spiro atoms. The average Bonchev–Trinajstić information content (AvgIpc) is 3.21. The summed E-state index contributed by atoms with van der Waals surface area (Å²) in [7, 11) is 0. The number of rotatable bonds is 3. The van der Waals surface area contributed by atoms with E-state index in [0.29, 0.717) is 20.6 Å². The molecule has 0 amide bonds. The monoisotopic (exact) mass is 420 g/mol. The molecule has 0 radical (unpaired) electrons. The van der Waals surface area contributed by atoms with Gasteiger partial charge in [-0.05, 0) is 50.1 Å². The van der Waals surface area contributed by atoms with Crippen LogP contribution in [0, 0.1) is 37.5 Å². The number of hydrogen-bond donors (Lipinski definition) is 0. The lowest BCUT2D eigenvalue weighted by atomic mass is 9.87. The van der Waals surface area contributed by atoms with Crippen LogP contribution >= 0.6 is 11.3 Å². The van der Waals surface area contributed by atoms with Gasteiger partial charge in [-0.15, -0.1) is 11.3 Å². The van der Waals surface area contributed by atoms with E-state index >= 15 is 0 Å². The van der Waals surface area contributed by atoms with Gasteiger partial charge in [0.25, 0.3) is 5.56 Å². The molecule has 0 aliphatic heterocycles. The first kappa shape index (κ1) is 21.5. The van der Waals surface area contributed by atoms with Gasteiger partial charge in [-0.3, -0.25) is 14.2 Å². The van der Waals surface area contributed by atoms with Crippen molar-refractivity contribution in [2.75, 3.05) is 0 Å². The summed E-state index contributed by atoms with van der Waals surface area (Å²) >= 11 is 1.13. The molecule has 0 aliphatic rings. The summed E-state index contributed by atoms with van der Waals surface area (Å²) in [6.07, 6.45) is 1.65. The first-order valence-corrected chi connectivity index (χ1v) is 10.4. The predicted octanol–water partition coefficient (Wildman–Crippen LogP) is 3.54. The molecule has 3 aromatic rings. The topological polar surface area (TPSA) is 76.0 Å². The van der Waals surface area contributed by atoms with E-state index in [9.17, 15) is 14.9 Å². The van der Waals surface area contributed by atoms with Gasteiger partial charge >= 0.3 is 0 Å². The van der Waals surface area contributed by atoms with Crippen molar-refractivity contribution in [1.82, 2.24) is 4.57 Å². The molecule has 0 aliphatic carbocycles. The minimum atomic E-state index is -0.750. The predicted molar refractivity (Wildman–Crippen MR) is 119 cm³/mol. The maximum atomic E-state index is 13.4. The molecule has 0 saturated heterocycles. The van der Waals surface area contributed by atoms with E-state index in [0.717, 1.165) is 28.2 Å². The van der Waals surface area contributed by atoms with E-state index in [1.165, 1.54) is 4.57 Å². The number of Topliss-reactive ketones (excluding diaryl/α,β-unsaturated/α-hetero) is 1. The Hall–Kier alpha value is -3.17. The van der Waals surface area contributed by atoms with Crippen molar-refractivity contribution in [3.05, 3.63) is 72.5 Å². The van der Waals surface area contributed by atoms with Crippen LogP contribution in [0.2, 0.25) is 0 Å². The van der Waals surface area contributed by atoms with Crippen molar-refractivity contribution in [2.24, 2.45) is 5.41 Å². The molecule has 1 aromatic carbocycles. The zero-order valence-electron chi connectivity index (χ0n) is 18.0. The van der Waals surface area contributed by atoms with Gasteiger partial charge in [-0.25, -0.2) is 0 Å². The fourth-order valence-electron chi connectivity index (χ4n) is 3.06. The molecule has 0 unspecified atom stereocenters. The summed E-state index contributed by atoms with van der Waals surface area (Å²) in [4.78, 5) is 26.4. The molecular weight excluding hydrogens is 396 g/mol. The quantitative estimate of drug-likeness (QED) is 0.649. The lowest BCUT2D eigenvalue weighted by Gasteiger charge is -2.15. The van der Waals surface area contributed by atoms with Crippen molar-refractivity contribution in [3.8, 4) is 11.8 Å². The summed E-state index contributed by atoms with van der Waals surface area (Å²) in [6.45, 7) is 11.0. The van der Waals surface area contributed by atoms with E-state index in [1.54, 1.807) is 32.9 Å². The molecule has 3 rings (SSSR count). The zero-order valence-corrected chi connectivity index (χ0v) is 18.8. The molecular formula is C24H24N2O3S. The number of thiazole rings is 1. The lowest BCUT2D eigenvalue weighted by molar-refractivity contribution is -0.120. The number of ketones is 1. The standard InChI is InChI=1S/C24H24N2O3S/c1-14-7-8-15(2)19(11-14)26-22(28)20(12-17-10-9-16(3)29-17)30-23(26)18(13-25)21(27)24(4,5)6/h7-12H,1-6H3/b20-12-,23-18-. The Balaban J connectivity index is 2.49. The SMILES string of the molecule is Cc1ccc(C)c(-n2c(=O)/c(=C/c3ccc(C)o3)s/c2=C(/C#N)C(=O)C(C)(C)C)c1. The van der Waals surface area contributed by atoms with Crippen molar-refractivity contribution >= 4 is 28.8 Å². The molecule has 0 saturated carbocycles. The van der Waals surface area contributed by atoms with Crippen LogP contribution in [-0.2, 0) is 4.79 Å². The highest BCUT2D eigenvalue weighted by Gasteiger charge is 2.27. The Labute approximate surface area is 179 Å². The van der Waals surface area contributed by atoms with Crippen LogP contribution in [0.25, 0.3) is 17.3 Å². The van der Waals surface area contributed by atoms with Gasteiger partial charge in [0.05, 0.1) is 10.2 Å². The number of furan rings is 1. The fraction of sp³-hybridized carbons (Fsp3) is 0.292. The van der Waals surface area contributed by atoms with E-state index < -0.39 is 5.41 Å². The van der Waals surface area contributed by atoms with Crippen LogP contribution in [0.1, 0.15) is 43.4 Å². The van der Waals surface area contributed by atoms with Crippen LogP contribution in [0.15, 0.2) is 39.5 Å². The molecule has 0 fully saturated rings. The summed E-state index contributed by atoms with van der Waals surface area (Å²) < 4.78 is 7.81. The number of aromatic nitrogens is 1. The number of nitriles is 1. The van der Waals surface area contributed by atoms with Crippen molar-refractivity contribution < 1.29 is 9.21 Å². The molecule has 0 N–H and O–H groups in total. The summed E-state index contributed by atoms with van der Waals surface area (Å²) in [6, 6.07) is 11.4. The third kappa shape index (κ3) is 4.07. The molecule has 154 valence electrons. The molecule has 30 heavy (non-hydrogen) atoms. The first-order valence-electron chi connectivity index (χ1n) is 9.60. The Bertz CT molecular complexity index is 1360. The first-order chi connectivity index (χ1) is 14.0. The molecule has 6 heteroatoms. The van der Waals surface area contributed by atoms with Crippen LogP contribution in [0.4, 0.5) is 0 Å². The van der Waals surface area contributed by atoms with Crippen molar-refractivity contribution in [1.29, 1.82) is 5.26 Å². The molecule has 0 atom stereocenters. The average molecular weight is 421 g/mol. The highest BCUT2D eigenvalue weighted by molar-refractivity contribution is 7.07. The normalized spacial score (nSPS) is 13.3. The second-order valence-electron chi connectivity index (χ2n) is 8.36. The van der Waals surface area contributed by atoms with Gasteiger partial charge in [0, 0.05) is 11.5 Å². The van der Waals surface area contributed by atoms with Gasteiger partial charge in [0.1, 0.15) is 27.8 Å². The van der Waals surface area contributed by atoms with Crippen molar-refractivity contribution in [3.63, 3.8) is 0 Å². The van der Waals surface area contributed by atoms with Crippen molar-refractivity contribution in [2.45, 2.75) is 41.5 Å². The fourth-order valence-corrected chi connectivity index (χ4v) is 4.13.